The summed E-state index contributed by atoms with van der Waals surface area (Å²) < 4.78 is 21.3. The predicted octanol–water partition coefficient (Wildman–Crippen LogP) is 3.34. The normalized spacial score (nSPS) is 12.0. The molecule has 0 aliphatic carbocycles. The molecule has 0 radical (unpaired) electrons. The van der Waals surface area contributed by atoms with Gasteiger partial charge in [-0.1, -0.05) is 19.6 Å². The van der Waals surface area contributed by atoms with Gasteiger partial charge in [0, 0.05) is 20.9 Å². The van der Waals surface area contributed by atoms with Gasteiger partial charge in [0.1, 0.15) is 13.1 Å². The SMILES string of the molecule is C[Si](C)(C)CCOCn1cnc2nc(-c3cccnc3F)cnc21. The number of rotatable bonds is 6. The van der Waals surface area contributed by atoms with Gasteiger partial charge in [-0.05, 0) is 18.2 Å². The Morgan fingerprint density at radius 1 is 1.21 bits per heavy atom. The van der Waals surface area contributed by atoms with E-state index in [0.29, 0.717) is 29.3 Å². The smallest absolute Gasteiger partial charge is 0.222 e. The molecule has 0 spiro atoms. The Bertz CT molecular complexity index is 846. The Labute approximate surface area is 140 Å². The molecular formula is C16H20FN5OSi. The summed E-state index contributed by atoms with van der Waals surface area (Å²) in [5.41, 5.74) is 1.81. The van der Waals surface area contributed by atoms with Crippen LogP contribution in [0.4, 0.5) is 4.39 Å². The van der Waals surface area contributed by atoms with E-state index in [0.717, 1.165) is 12.7 Å². The second-order valence-corrected chi connectivity index (χ2v) is 12.4. The van der Waals surface area contributed by atoms with E-state index in [4.69, 9.17) is 4.74 Å². The van der Waals surface area contributed by atoms with Crippen LogP contribution < -0.4 is 0 Å². The molecule has 6 nitrogen and oxygen atoms in total. The van der Waals surface area contributed by atoms with E-state index in [1.54, 1.807) is 23.0 Å². The summed E-state index contributed by atoms with van der Waals surface area (Å²) in [5, 5.41) is 0. The quantitative estimate of drug-likeness (QED) is 0.389. The molecule has 0 amide bonds. The van der Waals surface area contributed by atoms with E-state index >= 15 is 0 Å². The zero-order chi connectivity index (χ0) is 17.2. The van der Waals surface area contributed by atoms with Gasteiger partial charge in [0.2, 0.25) is 5.95 Å². The Morgan fingerprint density at radius 3 is 2.79 bits per heavy atom. The molecule has 0 aromatic carbocycles. The van der Waals surface area contributed by atoms with Gasteiger partial charge in [-0.15, -0.1) is 0 Å². The number of nitrogens with zero attached hydrogens (tertiary/aromatic N) is 5. The van der Waals surface area contributed by atoms with Gasteiger partial charge >= 0.3 is 0 Å². The third-order valence-electron chi connectivity index (χ3n) is 3.59. The summed E-state index contributed by atoms with van der Waals surface area (Å²) in [6.07, 6.45) is 4.57. The number of hydrogen-bond donors (Lipinski definition) is 0. The maximum absolute atomic E-state index is 13.8. The van der Waals surface area contributed by atoms with Gasteiger partial charge < -0.3 is 4.74 Å². The number of halogens is 1. The van der Waals surface area contributed by atoms with E-state index in [1.165, 1.54) is 12.4 Å². The van der Waals surface area contributed by atoms with Gasteiger partial charge in [-0.3, -0.25) is 4.57 Å². The highest BCUT2D eigenvalue weighted by atomic mass is 28.3. The van der Waals surface area contributed by atoms with Crippen LogP contribution in [0, 0.1) is 5.95 Å². The zero-order valence-electron chi connectivity index (χ0n) is 14.0. The first-order valence-corrected chi connectivity index (χ1v) is 11.5. The maximum Gasteiger partial charge on any atom is 0.222 e. The van der Waals surface area contributed by atoms with Gasteiger partial charge in [-0.2, -0.15) is 4.39 Å². The summed E-state index contributed by atoms with van der Waals surface area (Å²) in [6.45, 7) is 8.05. The molecule has 3 heterocycles. The fraction of sp³-hybridized carbons (Fsp3) is 0.375. The molecule has 0 aliphatic rings. The average Bonchev–Trinajstić information content (AvgIpc) is 2.93. The number of fused-ring (bicyclic) bond motifs is 1. The third-order valence-corrected chi connectivity index (χ3v) is 5.29. The number of hydrogen-bond acceptors (Lipinski definition) is 5. The van der Waals surface area contributed by atoms with Gasteiger partial charge in [0.25, 0.3) is 0 Å². The van der Waals surface area contributed by atoms with E-state index in [-0.39, 0.29) is 0 Å². The maximum atomic E-state index is 13.8. The summed E-state index contributed by atoms with van der Waals surface area (Å²) in [7, 11) is -1.10. The second kappa shape index (κ2) is 6.74. The Kier molecular flexibility index (Phi) is 4.68. The van der Waals surface area contributed by atoms with Crippen molar-refractivity contribution in [2.45, 2.75) is 32.4 Å². The Hall–Kier alpha value is -2.19. The lowest BCUT2D eigenvalue weighted by molar-refractivity contribution is 0.0895. The second-order valence-electron chi connectivity index (χ2n) is 6.81. The molecule has 8 heteroatoms. The first kappa shape index (κ1) is 16.7. The molecule has 0 saturated heterocycles. The van der Waals surface area contributed by atoms with Crippen LogP contribution in [0.2, 0.25) is 25.7 Å². The van der Waals surface area contributed by atoms with E-state index in [1.807, 2.05) is 0 Å². The first-order chi connectivity index (χ1) is 11.4. The molecule has 3 aromatic rings. The van der Waals surface area contributed by atoms with Crippen molar-refractivity contribution in [3.05, 3.63) is 36.8 Å². The van der Waals surface area contributed by atoms with Crippen LogP contribution in [0.5, 0.6) is 0 Å². The van der Waals surface area contributed by atoms with Gasteiger partial charge in [-0.25, -0.2) is 19.9 Å². The van der Waals surface area contributed by atoms with E-state index in [2.05, 4.69) is 39.6 Å². The molecule has 24 heavy (non-hydrogen) atoms. The predicted molar refractivity (Wildman–Crippen MR) is 92.6 cm³/mol. The van der Waals surface area contributed by atoms with Crippen LogP contribution in [0.1, 0.15) is 0 Å². The fourth-order valence-electron chi connectivity index (χ4n) is 2.18. The number of imidazole rings is 1. The highest BCUT2D eigenvalue weighted by Crippen LogP contribution is 2.20. The molecule has 0 unspecified atom stereocenters. The molecule has 3 rings (SSSR count). The molecule has 126 valence electrons. The average molecular weight is 345 g/mol. The number of pyridine rings is 1. The largest absolute Gasteiger partial charge is 0.361 e. The number of aromatic nitrogens is 5. The molecule has 0 bridgehead atoms. The van der Waals surface area contributed by atoms with Crippen LogP contribution in [0.3, 0.4) is 0 Å². The highest BCUT2D eigenvalue weighted by Gasteiger charge is 2.13. The molecule has 0 atom stereocenters. The topological polar surface area (TPSA) is 65.7 Å². The monoisotopic (exact) mass is 345 g/mol. The minimum absolute atomic E-state index is 0.313. The number of ether oxygens (including phenoxy) is 1. The highest BCUT2D eigenvalue weighted by molar-refractivity contribution is 6.76. The Balaban J connectivity index is 1.76. The molecule has 0 N–H and O–H groups in total. The van der Waals surface area contributed by atoms with Crippen molar-refractivity contribution < 1.29 is 9.13 Å². The minimum Gasteiger partial charge on any atom is -0.361 e. The van der Waals surface area contributed by atoms with Crippen molar-refractivity contribution in [2.75, 3.05) is 6.61 Å². The standard InChI is InChI=1S/C16H20FN5OSi/c1-24(2,3)8-7-23-11-22-10-20-15-16(22)19-9-13(21-15)12-5-4-6-18-14(12)17/h4-6,9-10H,7-8,11H2,1-3H3. The summed E-state index contributed by atoms with van der Waals surface area (Å²) >= 11 is 0. The van der Waals surface area contributed by atoms with Crippen molar-refractivity contribution in [2.24, 2.45) is 0 Å². The summed E-state index contributed by atoms with van der Waals surface area (Å²) in [4.78, 5) is 16.6. The molecular weight excluding hydrogens is 325 g/mol. The third kappa shape index (κ3) is 3.82. The van der Waals surface area contributed by atoms with Crippen molar-refractivity contribution in [1.82, 2.24) is 24.5 Å². The van der Waals surface area contributed by atoms with Crippen LogP contribution in [-0.2, 0) is 11.5 Å². The van der Waals surface area contributed by atoms with E-state index in [9.17, 15) is 4.39 Å². The van der Waals surface area contributed by atoms with Crippen LogP contribution >= 0.6 is 0 Å². The summed E-state index contributed by atoms with van der Waals surface area (Å²) in [5.74, 6) is -0.569. The molecule has 0 aliphatic heterocycles. The van der Waals surface area contributed by atoms with Crippen molar-refractivity contribution in [1.29, 1.82) is 0 Å². The molecule has 0 fully saturated rings. The van der Waals surface area contributed by atoms with Crippen molar-refractivity contribution >= 4 is 19.4 Å². The Morgan fingerprint density at radius 2 is 2.04 bits per heavy atom. The lowest BCUT2D eigenvalue weighted by atomic mass is 10.2. The lowest BCUT2D eigenvalue weighted by Gasteiger charge is -2.15. The van der Waals surface area contributed by atoms with Gasteiger partial charge in [0.15, 0.2) is 11.3 Å². The van der Waals surface area contributed by atoms with E-state index < -0.39 is 14.0 Å². The first-order valence-electron chi connectivity index (χ1n) is 7.80. The van der Waals surface area contributed by atoms with Crippen LogP contribution in [0.25, 0.3) is 22.6 Å². The molecule has 3 aromatic heterocycles. The molecule has 0 saturated carbocycles. The summed E-state index contributed by atoms with van der Waals surface area (Å²) in [6, 6.07) is 4.39. The van der Waals surface area contributed by atoms with Crippen molar-refractivity contribution in [3.63, 3.8) is 0 Å². The van der Waals surface area contributed by atoms with Crippen molar-refractivity contribution in [3.8, 4) is 11.3 Å². The van der Waals surface area contributed by atoms with Crippen LogP contribution in [0.15, 0.2) is 30.9 Å². The van der Waals surface area contributed by atoms with Crippen LogP contribution in [-0.4, -0.2) is 39.2 Å². The zero-order valence-corrected chi connectivity index (χ0v) is 15.0. The van der Waals surface area contributed by atoms with Gasteiger partial charge in [0.05, 0.1) is 17.5 Å². The minimum atomic E-state index is -1.10. The fourth-order valence-corrected chi connectivity index (χ4v) is 2.94. The lowest BCUT2D eigenvalue weighted by Crippen LogP contribution is -2.22.